The molecule has 0 amide bonds. The number of nitrogens with two attached hydrogens (primary N) is 1. The molecule has 0 aliphatic carbocycles. The summed E-state index contributed by atoms with van der Waals surface area (Å²) in [6.45, 7) is 8.83. The maximum atomic E-state index is 8.86. The van der Waals surface area contributed by atoms with Crippen molar-refractivity contribution in [2.45, 2.75) is 57.5 Å². The molecule has 0 aromatic heterocycles. The second-order valence-electron chi connectivity index (χ2n) is 6.13. The van der Waals surface area contributed by atoms with Crippen molar-refractivity contribution < 1.29 is 0 Å². The van der Waals surface area contributed by atoms with Gasteiger partial charge >= 0.3 is 0 Å². The zero-order chi connectivity index (χ0) is 14.3. The zero-order valence-electron chi connectivity index (χ0n) is 12.9. The summed E-state index contributed by atoms with van der Waals surface area (Å²) in [5.74, 6) is 0. The van der Waals surface area contributed by atoms with Crippen LogP contribution in [0, 0.1) is 11.3 Å². The maximum Gasteiger partial charge on any atom is 0.101 e. The van der Waals surface area contributed by atoms with E-state index in [1.165, 1.54) is 32.5 Å². The minimum absolute atomic E-state index is 0.648. The van der Waals surface area contributed by atoms with E-state index < -0.39 is 5.54 Å². The Morgan fingerprint density at radius 1 is 1.37 bits per heavy atom. The molecule has 0 aromatic carbocycles. The van der Waals surface area contributed by atoms with Crippen LogP contribution in [-0.2, 0) is 0 Å². The number of likely N-dealkylation sites (tertiary alicyclic amines) is 1. The van der Waals surface area contributed by atoms with Crippen LogP contribution in [0.3, 0.4) is 0 Å². The second kappa shape index (κ2) is 7.84. The minimum atomic E-state index is -0.648. The third-order valence-corrected chi connectivity index (χ3v) is 4.34. The molecule has 0 aromatic rings. The van der Waals surface area contributed by atoms with Gasteiger partial charge in [0.1, 0.15) is 5.54 Å². The van der Waals surface area contributed by atoms with Gasteiger partial charge in [0.15, 0.2) is 0 Å². The van der Waals surface area contributed by atoms with Gasteiger partial charge < -0.3 is 15.5 Å². The van der Waals surface area contributed by atoms with Gasteiger partial charge in [0.2, 0.25) is 0 Å². The Balaban J connectivity index is 2.15. The lowest BCUT2D eigenvalue weighted by Crippen LogP contribution is -2.43. The van der Waals surface area contributed by atoms with Gasteiger partial charge in [-0.25, -0.2) is 0 Å². The van der Waals surface area contributed by atoms with Crippen molar-refractivity contribution in [3.8, 4) is 6.07 Å². The molecule has 4 heteroatoms. The van der Waals surface area contributed by atoms with Gasteiger partial charge in [-0.3, -0.25) is 0 Å². The number of hydrogen-bond donors (Lipinski definition) is 1. The molecule has 1 saturated heterocycles. The van der Waals surface area contributed by atoms with Crippen LogP contribution in [0.2, 0.25) is 0 Å². The lowest BCUT2D eigenvalue weighted by molar-refractivity contribution is 0.130. The summed E-state index contributed by atoms with van der Waals surface area (Å²) in [5.41, 5.74) is 5.18. The van der Waals surface area contributed by atoms with Crippen LogP contribution in [0.4, 0.5) is 0 Å². The Labute approximate surface area is 118 Å². The Hall–Kier alpha value is -0.630. The van der Waals surface area contributed by atoms with Gasteiger partial charge in [0, 0.05) is 6.04 Å². The fraction of sp³-hybridized carbons (Fsp3) is 0.933. The monoisotopic (exact) mass is 266 g/mol. The van der Waals surface area contributed by atoms with Crippen LogP contribution < -0.4 is 5.73 Å². The van der Waals surface area contributed by atoms with Crippen molar-refractivity contribution in [1.82, 2.24) is 9.80 Å². The highest BCUT2D eigenvalue weighted by atomic mass is 15.2. The van der Waals surface area contributed by atoms with Crippen LogP contribution >= 0.6 is 0 Å². The Morgan fingerprint density at radius 2 is 2.00 bits per heavy atom. The summed E-state index contributed by atoms with van der Waals surface area (Å²) >= 11 is 0. The van der Waals surface area contributed by atoms with Crippen molar-refractivity contribution in [1.29, 1.82) is 5.26 Å². The van der Waals surface area contributed by atoms with Gasteiger partial charge in [0.25, 0.3) is 0 Å². The SMILES string of the molecule is CCN1CCC(N(C)CCCCC(C)(N)C#N)CC1. The molecule has 1 unspecified atom stereocenters. The summed E-state index contributed by atoms with van der Waals surface area (Å²) in [4.78, 5) is 5.02. The number of piperidine rings is 1. The van der Waals surface area contributed by atoms with Gasteiger partial charge in [-0.15, -0.1) is 0 Å². The average molecular weight is 266 g/mol. The Bertz CT molecular complexity index is 287. The first-order chi connectivity index (χ1) is 8.98. The number of unbranched alkanes of at least 4 members (excludes halogenated alkanes) is 1. The maximum absolute atomic E-state index is 8.86. The van der Waals surface area contributed by atoms with E-state index in [0.717, 1.165) is 31.8 Å². The predicted molar refractivity (Wildman–Crippen MR) is 79.8 cm³/mol. The van der Waals surface area contributed by atoms with Crippen molar-refractivity contribution in [2.24, 2.45) is 5.73 Å². The van der Waals surface area contributed by atoms with Crippen LogP contribution in [0.15, 0.2) is 0 Å². The molecule has 0 saturated carbocycles. The molecule has 4 nitrogen and oxygen atoms in total. The first-order valence-corrected chi connectivity index (χ1v) is 7.61. The van der Waals surface area contributed by atoms with E-state index in [1.807, 2.05) is 6.92 Å². The first-order valence-electron chi connectivity index (χ1n) is 7.61. The van der Waals surface area contributed by atoms with E-state index in [-0.39, 0.29) is 0 Å². The van der Waals surface area contributed by atoms with Gasteiger partial charge in [-0.05, 0) is 72.3 Å². The quantitative estimate of drug-likeness (QED) is 0.714. The molecule has 1 atom stereocenters. The van der Waals surface area contributed by atoms with Crippen molar-refractivity contribution in [3.05, 3.63) is 0 Å². The summed E-state index contributed by atoms with van der Waals surface area (Å²) in [6, 6.07) is 2.90. The molecule has 1 aliphatic heterocycles. The van der Waals surface area contributed by atoms with Crippen LogP contribution in [-0.4, -0.2) is 54.6 Å². The lowest BCUT2D eigenvalue weighted by atomic mass is 9.97. The van der Waals surface area contributed by atoms with Crippen molar-refractivity contribution in [3.63, 3.8) is 0 Å². The molecule has 1 aliphatic rings. The van der Waals surface area contributed by atoms with Crippen LogP contribution in [0.25, 0.3) is 0 Å². The third kappa shape index (κ3) is 5.90. The largest absolute Gasteiger partial charge is 0.314 e. The first kappa shape index (κ1) is 16.4. The normalized spacial score (nSPS) is 21.3. The Morgan fingerprint density at radius 3 is 2.53 bits per heavy atom. The molecule has 0 radical (unpaired) electrons. The van der Waals surface area contributed by atoms with Gasteiger partial charge in [-0.1, -0.05) is 6.92 Å². The smallest absolute Gasteiger partial charge is 0.101 e. The van der Waals surface area contributed by atoms with E-state index >= 15 is 0 Å². The number of nitrogens with zero attached hydrogens (tertiary/aromatic N) is 3. The molecular weight excluding hydrogens is 236 g/mol. The number of hydrogen-bond acceptors (Lipinski definition) is 4. The number of rotatable bonds is 7. The molecule has 0 spiro atoms. The molecule has 0 bridgehead atoms. The lowest BCUT2D eigenvalue weighted by Gasteiger charge is -2.36. The third-order valence-electron chi connectivity index (χ3n) is 4.34. The fourth-order valence-electron chi connectivity index (χ4n) is 2.77. The highest BCUT2D eigenvalue weighted by Gasteiger charge is 2.21. The van der Waals surface area contributed by atoms with Gasteiger partial charge in [-0.2, -0.15) is 5.26 Å². The molecule has 2 N–H and O–H groups in total. The second-order valence-corrected chi connectivity index (χ2v) is 6.13. The van der Waals surface area contributed by atoms with E-state index in [2.05, 4.69) is 29.8 Å². The van der Waals surface area contributed by atoms with Crippen LogP contribution in [0.5, 0.6) is 0 Å². The predicted octanol–water partition coefficient (Wildman–Crippen LogP) is 1.81. The average Bonchev–Trinajstić information content (AvgIpc) is 2.43. The van der Waals surface area contributed by atoms with Crippen molar-refractivity contribution in [2.75, 3.05) is 33.2 Å². The van der Waals surface area contributed by atoms with Gasteiger partial charge in [0.05, 0.1) is 6.07 Å². The molecule has 19 heavy (non-hydrogen) atoms. The minimum Gasteiger partial charge on any atom is -0.314 e. The number of nitriles is 1. The van der Waals surface area contributed by atoms with E-state index in [0.29, 0.717) is 0 Å². The zero-order valence-corrected chi connectivity index (χ0v) is 12.9. The topological polar surface area (TPSA) is 56.3 Å². The van der Waals surface area contributed by atoms with E-state index in [4.69, 9.17) is 11.0 Å². The molecular formula is C15H30N4. The fourth-order valence-corrected chi connectivity index (χ4v) is 2.77. The Kier molecular flexibility index (Phi) is 6.78. The summed E-state index contributed by atoms with van der Waals surface area (Å²) in [6.07, 6.45) is 5.55. The molecule has 1 rings (SSSR count). The summed E-state index contributed by atoms with van der Waals surface area (Å²) in [5, 5.41) is 8.86. The highest BCUT2D eigenvalue weighted by Crippen LogP contribution is 2.16. The summed E-state index contributed by atoms with van der Waals surface area (Å²) < 4.78 is 0. The summed E-state index contributed by atoms with van der Waals surface area (Å²) in [7, 11) is 2.23. The molecule has 110 valence electrons. The van der Waals surface area contributed by atoms with E-state index in [9.17, 15) is 0 Å². The molecule has 1 fully saturated rings. The molecule has 1 heterocycles. The highest BCUT2D eigenvalue weighted by molar-refractivity contribution is 5.00. The standard InChI is InChI=1S/C15H30N4/c1-4-19-11-7-14(8-12-19)18(3)10-6-5-9-15(2,17)13-16/h14H,4-12,17H2,1-3H3. The van der Waals surface area contributed by atoms with E-state index in [1.54, 1.807) is 0 Å². The van der Waals surface area contributed by atoms with Crippen LogP contribution in [0.1, 0.15) is 46.0 Å². The van der Waals surface area contributed by atoms with Crippen molar-refractivity contribution >= 4 is 0 Å².